The number of nitrogens with two attached hydrogens (primary N) is 1. The number of amides is 4. The van der Waals surface area contributed by atoms with Gasteiger partial charge in [-0.05, 0) is 39.3 Å². The molecule has 37 heavy (non-hydrogen) atoms. The second-order valence-electron chi connectivity index (χ2n) is 9.30. The summed E-state index contributed by atoms with van der Waals surface area (Å²) in [6.07, 6.45) is 2.75. The molecular formula is C24H29N7O6. The van der Waals surface area contributed by atoms with Crippen LogP contribution < -0.4 is 27.4 Å². The molecule has 2 aromatic rings. The zero-order chi connectivity index (χ0) is 27.2. The molecule has 13 heteroatoms. The Kier molecular flexibility index (Phi) is 8.37. The number of benzene rings is 1. The molecular weight excluding hydrogens is 482 g/mol. The van der Waals surface area contributed by atoms with Crippen molar-refractivity contribution in [3.8, 4) is 0 Å². The first kappa shape index (κ1) is 27.0. The Labute approximate surface area is 212 Å². The van der Waals surface area contributed by atoms with Crippen LogP contribution >= 0.6 is 0 Å². The highest BCUT2D eigenvalue weighted by atomic mass is 16.6. The Morgan fingerprint density at radius 3 is 2.59 bits per heavy atom. The predicted molar refractivity (Wildman–Crippen MR) is 134 cm³/mol. The number of rotatable bonds is 8. The molecule has 1 aromatic carbocycles. The Hall–Kier alpha value is -4.55. The van der Waals surface area contributed by atoms with Gasteiger partial charge in [-0.15, -0.1) is 0 Å². The van der Waals surface area contributed by atoms with Crippen molar-refractivity contribution in [1.82, 2.24) is 20.3 Å². The molecule has 13 nitrogen and oxygen atoms in total. The highest BCUT2D eigenvalue weighted by Crippen LogP contribution is 2.23. The average Bonchev–Trinajstić information content (AvgIpc) is 3.25. The van der Waals surface area contributed by atoms with E-state index in [1.54, 1.807) is 51.1 Å². The van der Waals surface area contributed by atoms with Crippen LogP contribution in [0.15, 0.2) is 46.4 Å². The molecule has 0 saturated heterocycles. The largest absolute Gasteiger partial charge is 0.460 e. The van der Waals surface area contributed by atoms with E-state index in [1.807, 2.05) is 5.43 Å². The highest BCUT2D eigenvalue weighted by Gasteiger charge is 2.33. The molecule has 1 aliphatic rings. The van der Waals surface area contributed by atoms with Gasteiger partial charge < -0.3 is 21.1 Å². The molecule has 0 fully saturated rings. The molecule has 196 valence electrons. The summed E-state index contributed by atoms with van der Waals surface area (Å²) in [7, 11) is 0. The lowest BCUT2D eigenvalue weighted by molar-refractivity contribution is -0.155. The molecule has 0 spiro atoms. The molecule has 5 N–H and O–H groups in total. The van der Waals surface area contributed by atoms with Crippen LogP contribution in [-0.4, -0.2) is 51.2 Å². The summed E-state index contributed by atoms with van der Waals surface area (Å²) in [5.41, 5.74) is 5.95. The lowest BCUT2D eigenvalue weighted by Crippen LogP contribution is -2.44. The molecule has 3 rings (SSSR count). The average molecular weight is 512 g/mol. The molecule has 2 atom stereocenters. The van der Waals surface area contributed by atoms with Crippen molar-refractivity contribution in [2.45, 2.75) is 57.7 Å². The Balaban J connectivity index is 1.79. The van der Waals surface area contributed by atoms with Gasteiger partial charge in [0.1, 0.15) is 23.2 Å². The zero-order valence-corrected chi connectivity index (χ0v) is 20.7. The van der Waals surface area contributed by atoms with Crippen molar-refractivity contribution < 1.29 is 23.9 Å². The van der Waals surface area contributed by atoms with E-state index in [0.717, 1.165) is 6.21 Å². The number of urea groups is 1. The van der Waals surface area contributed by atoms with Crippen LogP contribution in [0.3, 0.4) is 0 Å². The fourth-order valence-electron chi connectivity index (χ4n) is 3.70. The monoisotopic (exact) mass is 511 g/mol. The third kappa shape index (κ3) is 7.46. The Morgan fingerprint density at radius 2 is 1.95 bits per heavy atom. The summed E-state index contributed by atoms with van der Waals surface area (Å²) in [5.74, 6) is -1.29. The van der Waals surface area contributed by atoms with E-state index in [1.165, 1.54) is 10.8 Å². The third-order valence-corrected chi connectivity index (χ3v) is 5.17. The van der Waals surface area contributed by atoms with Crippen molar-refractivity contribution in [3.05, 3.63) is 58.3 Å². The van der Waals surface area contributed by atoms with Gasteiger partial charge in [-0.25, -0.2) is 15.2 Å². The summed E-state index contributed by atoms with van der Waals surface area (Å²) in [4.78, 5) is 66.4. The van der Waals surface area contributed by atoms with Gasteiger partial charge in [0.15, 0.2) is 0 Å². The van der Waals surface area contributed by atoms with Gasteiger partial charge in [0, 0.05) is 18.2 Å². The van der Waals surface area contributed by atoms with Crippen LogP contribution in [0.4, 0.5) is 10.5 Å². The number of hydrogen-bond acceptors (Lipinski definition) is 8. The summed E-state index contributed by atoms with van der Waals surface area (Å²) in [6, 6.07) is 5.51. The normalized spacial score (nSPS) is 15.5. The van der Waals surface area contributed by atoms with Crippen molar-refractivity contribution in [2.75, 3.05) is 5.32 Å². The SMILES string of the molecule is CC(C)(C)OC(=O)C[C@@H](/C=N/NC(N)=O)NC(=O)C1CCc2ncc(NC(=O)c3ccccc3)c(=O)n21. The third-order valence-electron chi connectivity index (χ3n) is 5.17. The maximum absolute atomic E-state index is 13.2. The van der Waals surface area contributed by atoms with Gasteiger partial charge in [0.25, 0.3) is 11.5 Å². The number of primary amides is 1. The minimum Gasteiger partial charge on any atom is -0.460 e. The summed E-state index contributed by atoms with van der Waals surface area (Å²) < 4.78 is 6.52. The van der Waals surface area contributed by atoms with E-state index in [-0.39, 0.29) is 18.5 Å². The van der Waals surface area contributed by atoms with Crippen LogP contribution in [0.25, 0.3) is 0 Å². The van der Waals surface area contributed by atoms with Gasteiger partial charge in [-0.2, -0.15) is 5.10 Å². The number of nitrogens with one attached hydrogen (secondary N) is 3. The van der Waals surface area contributed by atoms with E-state index < -0.39 is 47.1 Å². The molecule has 1 unspecified atom stereocenters. The maximum atomic E-state index is 13.2. The maximum Gasteiger partial charge on any atom is 0.332 e. The molecule has 1 aliphatic heterocycles. The van der Waals surface area contributed by atoms with Gasteiger partial charge in [0.2, 0.25) is 5.91 Å². The van der Waals surface area contributed by atoms with Gasteiger partial charge in [0.05, 0.1) is 18.7 Å². The number of hydrazone groups is 1. The van der Waals surface area contributed by atoms with E-state index in [4.69, 9.17) is 10.5 Å². The lowest BCUT2D eigenvalue weighted by atomic mass is 10.1. The smallest absolute Gasteiger partial charge is 0.332 e. The lowest BCUT2D eigenvalue weighted by Gasteiger charge is -2.22. The number of anilines is 1. The number of carbonyl (C=O) groups excluding carboxylic acids is 4. The summed E-state index contributed by atoms with van der Waals surface area (Å²) in [6.45, 7) is 5.10. The van der Waals surface area contributed by atoms with E-state index in [9.17, 15) is 24.0 Å². The molecule has 0 aliphatic carbocycles. The Bertz CT molecular complexity index is 1270. The number of aromatic nitrogens is 2. The Morgan fingerprint density at radius 1 is 1.24 bits per heavy atom. The van der Waals surface area contributed by atoms with Crippen LogP contribution in [0.1, 0.15) is 55.8 Å². The minimum atomic E-state index is -0.970. The fourth-order valence-corrected chi connectivity index (χ4v) is 3.70. The number of aryl methyl sites for hydroxylation is 1. The van der Waals surface area contributed by atoms with Gasteiger partial charge in [-0.3, -0.25) is 23.7 Å². The minimum absolute atomic E-state index is 0.0742. The van der Waals surface area contributed by atoms with Crippen LogP contribution in [0.5, 0.6) is 0 Å². The van der Waals surface area contributed by atoms with Crippen LogP contribution in [0.2, 0.25) is 0 Å². The second-order valence-corrected chi connectivity index (χ2v) is 9.30. The first-order valence-electron chi connectivity index (χ1n) is 11.5. The van der Waals surface area contributed by atoms with Crippen molar-refractivity contribution >= 4 is 35.7 Å². The summed E-state index contributed by atoms with van der Waals surface area (Å²) in [5, 5.41) is 8.83. The van der Waals surface area contributed by atoms with E-state index in [2.05, 4.69) is 20.7 Å². The predicted octanol–water partition coefficient (Wildman–Crippen LogP) is 0.854. The number of hydrogen-bond donors (Lipinski definition) is 4. The van der Waals surface area contributed by atoms with E-state index in [0.29, 0.717) is 17.8 Å². The van der Waals surface area contributed by atoms with Crippen molar-refractivity contribution in [2.24, 2.45) is 10.8 Å². The number of esters is 1. The molecule has 0 radical (unpaired) electrons. The van der Waals surface area contributed by atoms with Gasteiger partial charge in [-0.1, -0.05) is 18.2 Å². The van der Waals surface area contributed by atoms with Crippen LogP contribution in [0, 0.1) is 0 Å². The number of carbonyl (C=O) groups is 4. The van der Waals surface area contributed by atoms with Gasteiger partial charge >= 0.3 is 12.0 Å². The number of nitrogens with zero attached hydrogens (tertiary/aromatic N) is 3. The molecule has 1 aromatic heterocycles. The molecule has 0 bridgehead atoms. The first-order valence-corrected chi connectivity index (χ1v) is 11.5. The van der Waals surface area contributed by atoms with Crippen molar-refractivity contribution in [1.29, 1.82) is 0 Å². The standard InChI is InChI=1S/C24H29N7O6/c1-24(2,3)37-19(32)11-15(12-27-30-23(25)36)28-21(34)17-9-10-18-26-13-16(22(35)31(17)18)29-20(33)14-7-5-4-6-8-14/h4-8,12-13,15,17H,9-11H2,1-3H3,(H,28,34)(H,29,33)(H3,25,30,36)/b27-12+/t15-,17?/m0/s1. The first-order chi connectivity index (χ1) is 17.4. The molecule has 2 heterocycles. The highest BCUT2D eigenvalue weighted by molar-refractivity contribution is 6.04. The number of fused-ring (bicyclic) bond motifs is 1. The second kappa shape index (κ2) is 11.5. The van der Waals surface area contributed by atoms with E-state index >= 15 is 0 Å². The topological polar surface area (TPSA) is 187 Å². The van der Waals surface area contributed by atoms with Crippen molar-refractivity contribution in [3.63, 3.8) is 0 Å². The summed E-state index contributed by atoms with van der Waals surface area (Å²) >= 11 is 0. The van der Waals surface area contributed by atoms with Crippen LogP contribution in [-0.2, 0) is 20.7 Å². The quantitative estimate of drug-likeness (QED) is 0.230. The fraction of sp³-hybridized carbons (Fsp3) is 0.375. The molecule has 0 saturated carbocycles. The number of ether oxygens (including phenoxy) is 1. The molecule has 4 amide bonds. The zero-order valence-electron chi connectivity index (χ0n) is 20.7.